The predicted octanol–water partition coefficient (Wildman–Crippen LogP) is 2.29. The highest BCUT2D eigenvalue weighted by molar-refractivity contribution is 6.09. The molecule has 0 fully saturated rings. The Balaban J connectivity index is 1.96. The Morgan fingerprint density at radius 2 is 2.10 bits per heavy atom. The van der Waals surface area contributed by atoms with Crippen molar-refractivity contribution < 1.29 is 9.57 Å². The van der Waals surface area contributed by atoms with Crippen molar-refractivity contribution in [3.63, 3.8) is 0 Å². The third-order valence-corrected chi connectivity index (χ3v) is 4.12. The maximum atomic E-state index is 5.59. The van der Waals surface area contributed by atoms with Gasteiger partial charge < -0.3 is 14.5 Å². The van der Waals surface area contributed by atoms with E-state index in [1.54, 1.807) is 7.11 Å². The van der Waals surface area contributed by atoms with E-state index in [1.165, 1.54) is 0 Å². The van der Waals surface area contributed by atoms with E-state index in [1.807, 2.05) is 18.2 Å². The molecule has 21 heavy (non-hydrogen) atoms. The van der Waals surface area contributed by atoms with Gasteiger partial charge >= 0.3 is 0 Å². The van der Waals surface area contributed by atoms with Gasteiger partial charge in [-0.3, -0.25) is 4.57 Å². The summed E-state index contributed by atoms with van der Waals surface area (Å²) >= 11 is 0. The number of aromatic nitrogens is 1. The average Bonchev–Trinajstić information content (AvgIpc) is 3.11. The van der Waals surface area contributed by atoms with Gasteiger partial charge in [-0.15, -0.1) is 0 Å². The number of fused-ring (bicyclic) bond motifs is 3. The molecule has 1 unspecified atom stereocenters. The van der Waals surface area contributed by atoms with Gasteiger partial charge in [0.15, 0.2) is 5.88 Å². The molecule has 2 aliphatic rings. The maximum absolute atomic E-state index is 5.59. The molecule has 0 saturated carbocycles. The van der Waals surface area contributed by atoms with E-state index in [4.69, 9.17) is 9.57 Å². The molecule has 1 aromatic heterocycles. The highest BCUT2D eigenvalue weighted by Gasteiger charge is 2.37. The number of oxime groups is 1. The van der Waals surface area contributed by atoms with Crippen LogP contribution in [-0.4, -0.2) is 37.6 Å². The number of rotatable bonds is 2. The molecular formula is C16H17N3O2. The fourth-order valence-electron chi connectivity index (χ4n) is 3.19. The lowest BCUT2D eigenvalue weighted by Crippen LogP contribution is -2.37. The van der Waals surface area contributed by atoms with E-state index < -0.39 is 0 Å². The molecule has 0 bridgehead atoms. The molecule has 4 rings (SSSR count). The molecule has 0 aliphatic carbocycles. The SMILES string of the molecule is COc1cc2c(n1-c1ccccc1)N(C)CC1CON=C21. The molecule has 2 aliphatic heterocycles. The van der Waals surface area contributed by atoms with Crippen molar-refractivity contribution in [2.45, 2.75) is 0 Å². The minimum atomic E-state index is 0.346. The lowest BCUT2D eigenvalue weighted by molar-refractivity contribution is 0.156. The summed E-state index contributed by atoms with van der Waals surface area (Å²) in [6.07, 6.45) is 0. The maximum Gasteiger partial charge on any atom is 0.200 e. The number of hydrogen-bond acceptors (Lipinski definition) is 4. The average molecular weight is 283 g/mol. The van der Waals surface area contributed by atoms with Crippen molar-refractivity contribution in [2.75, 3.05) is 32.2 Å². The number of benzene rings is 1. The van der Waals surface area contributed by atoms with Crippen LogP contribution in [0, 0.1) is 5.92 Å². The topological polar surface area (TPSA) is 39.0 Å². The monoisotopic (exact) mass is 283 g/mol. The molecule has 108 valence electrons. The highest BCUT2D eigenvalue weighted by atomic mass is 16.6. The Morgan fingerprint density at radius 1 is 1.29 bits per heavy atom. The molecule has 0 amide bonds. The molecule has 0 spiro atoms. The predicted molar refractivity (Wildman–Crippen MR) is 81.6 cm³/mol. The van der Waals surface area contributed by atoms with Crippen LogP contribution >= 0.6 is 0 Å². The van der Waals surface area contributed by atoms with Crippen molar-refractivity contribution in [3.05, 3.63) is 42.0 Å². The molecule has 2 aromatic rings. The van der Waals surface area contributed by atoms with Crippen LogP contribution in [0.5, 0.6) is 5.88 Å². The minimum absolute atomic E-state index is 0.346. The summed E-state index contributed by atoms with van der Waals surface area (Å²) in [5.41, 5.74) is 3.23. The smallest absolute Gasteiger partial charge is 0.200 e. The fourth-order valence-corrected chi connectivity index (χ4v) is 3.19. The third-order valence-electron chi connectivity index (χ3n) is 4.12. The zero-order chi connectivity index (χ0) is 14.4. The van der Waals surface area contributed by atoms with Crippen molar-refractivity contribution in [1.29, 1.82) is 0 Å². The molecule has 3 heterocycles. The van der Waals surface area contributed by atoms with Crippen molar-refractivity contribution in [2.24, 2.45) is 11.1 Å². The van der Waals surface area contributed by atoms with Gasteiger partial charge in [0.2, 0.25) is 0 Å². The standard InChI is InChI=1S/C16H17N3O2/c1-18-9-11-10-21-17-15(11)13-8-14(20-2)19(16(13)18)12-6-4-3-5-7-12/h3-8,11H,9-10H2,1-2H3. The number of nitrogens with zero attached hydrogens (tertiary/aromatic N) is 3. The Kier molecular flexibility index (Phi) is 2.67. The first-order valence-electron chi connectivity index (χ1n) is 7.06. The molecule has 1 aromatic carbocycles. The number of methoxy groups -OCH3 is 1. The Hall–Kier alpha value is -2.43. The van der Waals surface area contributed by atoms with Crippen LogP contribution < -0.4 is 9.64 Å². The lowest BCUT2D eigenvalue weighted by Gasteiger charge is -2.30. The van der Waals surface area contributed by atoms with Crippen molar-refractivity contribution >= 4 is 11.5 Å². The summed E-state index contributed by atoms with van der Waals surface area (Å²) in [6.45, 7) is 1.57. The molecule has 5 heteroatoms. The van der Waals surface area contributed by atoms with Crippen molar-refractivity contribution in [1.82, 2.24) is 4.57 Å². The van der Waals surface area contributed by atoms with Gasteiger partial charge in [0.05, 0.1) is 24.4 Å². The van der Waals surface area contributed by atoms with Crippen LogP contribution in [0.1, 0.15) is 5.56 Å². The van der Waals surface area contributed by atoms with Gasteiger partial charge in [-0.2, -0.15) is 0 Å². The van der Waals surface area contributed by atoms with E-state index in [9.17, 15) is 0 Å². The first-order valence-corrected chi connectivity index (χ1v) is 7.06. The van der Waals surface area contributed by atoms with Crippen LogP contribution in [0.15, 0.2) is 41.6 Å². The van der Waals surface area contributed by atoms with Gasteiger partial charge in [0, 0.05) is 25.2 Å². The van der Waals surface area contributed by atoms with Gasteiger partial charge in [0.25, 0.3) is 0 Å². The van der Waals surface area contributed by atoms with E-state index in [0.717, 1.165) is 35.2 Å². The quantitative estimate of drug-likeness (QED) is 0.849. The second-order valence-electron chi connectivity index (χ2n) is 5.44. The van der Waals surface area contributed by atoms with Gasteiger partial charge in [0.1, 0.15) is 12.4 Å². The largest absolute Gasteiger partial charge is 0.482 e. The first kappa shape index (κ1) is 12.3. The van der Waals surface area contributed by atoms with E-state index in [-0.39, 0.29) is 0 Å². The zero-order valence-electron chi connectivity index (χ0n) is 12.1. The normalized spacial score (nSPS) is 19.6. The van der Waals surface area contributed by atoms with Gasteiger partial charge in [-0.25, -0.2) is 0 Å². The molecule has 0 radical (unpaired) electrons. The summed E-state index contributed by atoms with van der Waals surface area (Å²) in [6, 6.07) is 12.3. The third kappa shape index (κ3) is 1.73. The van der Waals surface area contributed by atoms with Crippen molar-refractivity contribution in [3.8, 4) is 11.6 Å². The summed E-state index contributed by atoms with van der Waals surface area (Å²) < 4.78 is 7.72. The summed E-state index contributed by atoms with van der Waals surface area (Å²) in [5, 5.41) is 4.24. The fraction of sp³-hybridized carbons (Fsp3) is 0.312. The zero-order valence-corrected chi connectivity index (χ0v) is 12.1. The minimum Gasteiger partial charge on any atom is -0.482 e. The Bertz CT molecular complexity index is 706. The van der Waals surface area contributed by atoms with Crippen LogP contribution in [0.25, 0.3) is 5.69 Å². The molecule has 0 saturated heterocycles. The number of ether oxygens (including phenoxy) is 1. The first-order chi connectivity index (χ1) is 10.3. The second-order valence-corrected chi connectivity index (χ2v) is 5.44. The van der Waals surface area contributed by atoms with E-state index in [2.05, 4.69) is 39.9 Å². The summed E-state index contributed by atoms with van der Waals surface area (Å²) in [7, 11) is 3.80. The highest BCUT2D eigenvalue weighted by Crippen LogP contribution is 2.39. The molecular weight excluding hydrogens is 266 g/mol. The Morgan fingerprint density at radius 3 is 2.86 bits per heavy atom. The molecule has 5 nitrogen and oxygen atoms in total. The van der Waals surface area contributed by atoms with Crippen LogP contribution in [0.4, 0.5) is 5.82 Å². The van der Waals surface area contributed by atoms with Gasteiger partial charge in [-0.05, 0) is 12.1 Å². The van der Waals surface area contributed by atoms with Crippen LogP contribution in [0.3, 0.4) is 0 Å². The second kappa shape index (κ2) is 4.55. The van der Waals surface area contributed by atoms with Crippen LogP contribution in [-0.2, 0) is 4.84 Å². The van der Waals surface area contributed by atoms with Crippen LogP contribution in [0.2, 0.25) is 0 Å². The van der Waals surface area contributed by atoms with Gasteiger partial charge in [-0.1, -0.05) is 23.4 Å². The molecule has 0 N–H and O–H groups in total. The summed E-state index contributed by atoms with van der Waals surface area (Å²) in [4.78, 5) is 7.55. The molecule has 1 atom stereocenters. The number of hydrogen-bond donors (Lipinski definition) is 0. The van der Waals surface area contributed by atoms with E-state index in [0.29, 0.717) is 12.5 Å². The number of anilines is 1. The lowest BCUT2D eigenvalue weighted by atomic mass is 9.95. The Labute approximate surface area is 123 Å². The van der Waals surface area contributed by atoms with E-state index >= 15 is 0 Å². The summed E-state index contributed by atoms with van der Waals surface area (Å²) in [5.74, 6) is 2.27. The number of para-hydroxylation sites is 1.